The standard InChI is InChI=1S/C34H57N3O8/c1-10-12-20-36(21-13-11-2)22-14-19-35-30(38)43-29-27(23-25-15-17-26(41-9)18-16-25)37(31(39)44-33(3,4)5)24-28(29)42-32(40)45-34(6,7)8/h15-18,27-29H,10-14,19-24H2,1-9H3,(H,35,38)/t27-,28+,29+/m1/s1. The zero-order valence-corrected chi connectivity index (χ0v) is 29.0. The van der Waals surface area contributed by atoms with Crippen molar-refractivity contribution in [1.82, 2.24) is 15.1 Å². The SMILES string of the molecule is CCCCN(CCCC)CCCNC(=O)O[C@@H]1[C@@H](OC(=O)OC(C)(C)C)CN(C(=O)OC(C)(C)C)[C@@H]1Cc1ccc(OC)cc1. The molecule has 1 aliphatic rings. The van der Waals surface area contributed by atoms with Crippen LogP contribution in [0.15, 0.2) is 24.3 Å². The molecule has 0 spiro atoms. The molecule has 11 nitrogen and oxygen atoms in total. The molecule has 0 bridgehead atoms. The summed E-state index contributed by atoms with van der Waals surface area (Å²) in [7, 11) is 1.59. The lowest BCUT2D eigenvalue weighted by atomic mass is 10.0. The zero-order chi connectivity index (χ0) is 33.6. The van der Waals surface area contributed by atoms with E-state index in [-0.39, 0.29) is 6.54 Å². The second-order valence-corrected chi connectivity index (χ2v) is 13.6. The van der Waals surface area contributed by atoms with E-state index in [0.29, 0.717) is 18.7 Å². The summed E-state index contributed by atoms with van der Waals surface area (Å²) in [5.41, 5.74) is -0.679. The number of ether oxygens (including phenoxy) is 5. The van der Waals surface area contributed by atoms with Crippen LogP contribution in [-0.2, 0) is 25.4 Å². The topological polar surface area (TPSA) is 116 Å². The van der Waals surface area contributed by atoms with Crippen molar-refractivity contribution in [2.24, 2.45) is 0 Å². The highest BCUT2D eigenvalue weighted by atomic mass is 16.7. The maximum absolute atomic E-state index is 13.4. The predicted octanol–water partition coefficient (Wildman–Crippen LogP) is 6.56. The van der Waals surface area contributed by atoms with Crippen molar-refractivity contribution in [3.05, 3.63) is 29.8 Å². The lowest BCUT2D eigenvalue weighted by Crippen LogP contribution is -2.46. The normalized spacial score (nSPS) is 18.4. The average molecular weight is 636 g/mol. The molecule has 1 aromatic carbocycles. The van der Waals surface area contributed by atoms with Gasteiger partial charge in [-0.3, -0.25) is 4.90 Å². The summed E-state index contributed by atoms with van der Waals surface area (Å²) in [6, 6.07) is 6.74. The third-order valence-corrected chi connectivity index (χ3v) is 7.21. The fourth-order valence-corrected chi connectivity index (χ4v) is 5.03. The lowest BCUT2D eigenvalue weighted by molar-refractivity contribution is -0.0518. The van der Waals surface area contributed by atoms with Crippen LogP contribution in [0.25, 0.3) is 0 Å². The van der Waals surface area contributed by atoms with Crippen molar-refractivity contribution >= 4 is 18.3 Å². The summed E-state index contributed by atoms with van der Waals surface area (Å²) >= 11 is 0. The number of hydrogen-bond acceptors (Lipinski definition) is 9. The number of nitrogens with one attached hydrogen (secondary N) is 1. The molecule has 1 aromatic rings. The molecule has 11 heteroatoms. The van der Waals surface area contributed by atoms with Crippen LogP contribution in [0.3, 0.4) is 0 Å². The molecule has 0 unspecified atom stereocenters. The number of benzene rings is 1. The summed E-state index contributed by atoms with van der Waals surface area (Å²) in [5.74, 6) is 0.690. The van der Waals surface area contributed by atoms with Crippen LogP contribution >= 0.6 is 0 Å². The van der Waals surface area contributed by atoms with Gasteiger partial charge in [-0.25, -0.2) is 14.4 Å². The summed E-state index contributed by atoms with van der Waals surface area (Å²) < 4.78 is 28.1. The van der Waals surface area contributed by atoms with Gasteiger partial charge in [0.25, 0.3) is 0 Å². The van der Waals surface area contributed by atoms with Gasteiger partial charge in [-0.15, -0.1) is 0 Å². The smallest absolute Gasteiger partial charge is 0.497 e. The van der Waals surface area contributed by atoms with E-state index in [4.69, 9.17) is 23.7 Å². The number of carbonyl (C=O) groups is 3. The fourth-order valence-electron chi connectivity index (χ4n) is 5.03. The quantitative estimate of drug-likeness (QED) is 0.130. The van der Waals surface area contributed by atoms with Crippen molar-refractivity contribution < 1.29 is 38.1 Å². The highest BCUT2D eigenvalue weighted by Gasteiger charge is 2.50. The second kappa shape index (κ2) is 18.1. The van der Waals surface area contributed by atoms with E-state index in [2.05, 4.69) is 24.1 Å². The van der Waals surface area contributed by atoms with Crippen molar-refractivity contribution in [1.29, 1.82) is 0 Å². The Morgan fingerprint density at radius 1 is 0.867 bits per heavy atom. The van der Waals surface area contributed by atoms with Gasteiger partial charge in [0.05, 0.1) is 19.7 Å². The van der Waals surface area contributed by atoms with Gasteiger partial charge in [-0.05, 0) is 105 Å². The number of nitrogens with zero attached hydrogens (tertiary/aromatic N) is 2. The molecule has 3 atom stereocenters. The van der Waals surface area contributed by atoms with E-state index >= 15 is 0 Å². The van der Waals surface area contributed by atoms with Gasteiger partial charge in [-0.1, -0.05) is 38.8 Å². The molecule has 1 heterocycles. The number of methoxy groups -OCH3 is 1. The van der Waals surface area contributed by atoms with Crippen LogP contribution in [0.1, 0.15) is 93.1 Å². The minimum atomic E-state index is -0.974. The van der Waals surface area contributed by atoms with Gasteiger partial charge >= 0.3 is 18.3 Å². The third-order valence-electron chi connectivity index (χ3n) is 7.21. The van der Waals surface area contributed by atoms with Crippen molar-refractivity contribution in [2.45, 2.75) is 123 Å². The molecule has 2 amide bonds. The Kier molecular flexibility index (Phi) is 15.2. The number of likely N-dealkylation sites (tertiary alicyclic amines) is 1. The van der Waals surface area contributed by atoms with E-state index in [1.807, 2.05) is 24.3 Å². The van der Waals surface area contributed by atoms with Crippen molar-refractivity contribution in [2.75, 3.05) is 39.8 Å². The van der Waals surface area contributed by atoms with Gasteiger partial charge in [-0.2, -0.15) is 0 Å². The Hall–Kier alpha value is -3.21. The zero-order valence-electron chi connectivity index (χ0n) is 29.0. The Morgan fingerprint density at radius 3 is 1.98 bits per heavy atom. The monoisotopic (exact) mass is 635 g/mol. The summed E-state index contributed by atoms with van der Waals surface area (Å²) in [6.45, 7) is 18.3. The molecular formula is C34H57N3O8. The Bertz CT molecular complexity index is 1040. The van der Waals surface area contributed by atoms with Crippen LogP contribution in [0, 0.1) is 0 Å². The third kappa shape index (κ3) is 14.2. The highest BCUT2D eigenvalue weighted by molar-refractivity contribution is 5.71. The van der Waals surface area contributed by atoms with E-state index in [0.717, 1.165) is 57.3 Å². The predicted molar refractivity (Wildman–Crippen MR) is 174 cm³/mol. The second-order valence-electron chi connectivity index (χ2n) is 13.6. The van der Waals surface area contributed by atoms with Crippen LogP contribution in [0.4, 0.5) is 14.4 Å². The molecule has 0 saturated carbocycles. The van der Waals surface area contributed by atoms with Crippen LogP contribution < -0.4 is 10.1 Å². The van der Waals surface area contributed by atoms with Crippen LogP contribution in [0.5, 0.6) is 5.75 Å². The lowest BCUT2D eigenvalue weighted by Gasteiger charge is -2.30. The molecule has 1 aliphatic heterocycles. The number of carbonyl (C=O) groups excluding carboxylic acids is 3. The van der Waals surface area contributed by atoms with E-state index in [1.54, 1.807) is 48.7 Å². The molecule has 2 rings (SSSR count). The van der Waals surface area contributed by atoms with Gasteiger partial charge in [0, 0.05) is 6.54 Å². The Balaban J connectivity index is 2.25. The first-order valence-corrected chi connectivity index (χ1v) is 16.3. The molecule has 1 saturated heterocycles. The van der Waals surface area contributed by atoms with Crippen LogP contribution in [0.2, 0.25) is 0 Å². The highest BCUT2D eigenvalue weighted by Crippen LogP contribution is 2.30. The Labute approximate surface area is 270 Å². The van der Waals surface area contributed by atoms with Gasteiger partial charge in [0.2, 0.25) is 0 Å². The maximum Gasteiger partial charge on any atom is 0.509 e. The first kappa shape index (κ1) is 38.0. The van der Waals surface area contributed by atoms with Gasteiger partial charge < -0.3 is 33.9 Å². The Morgan fingerprint density at radius 2 is 1.44 bits per heavy atom. The number of amides is 2. The molecular weight excluding hydrogens is 578 g/mol. The largest absolute Gasteiger partial charge is 0.509 e. The molecule has 1 N–H and O–H groups in total. The molecule has 256 valence electrons. The first-order chi connectivity index (χ1) is 21.2. The van der Waals surface area contributed by atoms with Crippen molar-refractivity contribution in [3.8, 4) is 5.75 Å². The van der Waals surface area contributed by atoms with Crippen molar-refractivity contribution in [3.63, 3.8) is 0 Å². The van der Waals surface area contributed by atoms with E-state index in [9.17, 15) is 14.4 Å². The molecule has 0 aromatic heterocycles. The average Bonchev–Trinajstić information content (AvgIpc) is 3.26. The number of alkyl carbamates (subject to hydrolysis) is 1. The minimum absolute atomic E-state index is 0.0310. The first-order valence-electron chi connectivity index (χ1n) is 16.3. The van der Waals surface area contributed by atoms with Crippen LogP contribution in [-0.4, -0.2) is 97.4 Å². The number of hydrogen-bond donors (Lipinski definition) is 1. The molecule has 45 heavy (non-hydrogen) atoms. The summed E-state index contributed by atoms with van der Waals surface area (Å²) in [4.78, 5) is 43.3. The maximum atomic E-state index is 13.4. The minimum Gasteiger partial charge on any atom is -0.497 e. The summed E-state index contributed by atoms with van der Waals surface area (Å²) in [5, 5.41) is 2.86. The summed E-state index contributed by atoms with van der Waals surface area (Å²) in [6.07, 6.45) is 1.56. The number of unbranched alkanes of at least 4 members (excludes halogenated alkanes) is 2. The fraction of sp³-hybridized carbons (Fsp3) is 0.735. The van der Waals surface area contributed by atoms with Gasteiger partial charge in [0.1, 0.15) is 17.0 Å². The molecule has 1 fully saturated rings. The number of rotatable bonds is 15. The van der Waals surface area contributed by atoms with E-state index in [1.165, 1.54) is 4.90 Å². The van der Waals surface area contributed by atoms with Gasteiger partial charge in [0.15, 0.2) is 12.2 Å². The molecule has 0 radical (unpaired) electrons. The van der Waals surface area contributed by atoms with E-state index < -0.39 is 47.8 Å². The molecule has 0 aliphatic carbocycles.